The van der Waals surface area contributed by atoms with Crippen LogP contribution >= 0.6 is 11.8 Å². The van der Waals surface area contributed by atoms with Crippen LogP contribution in [-0.2, 0) is 11.2 Å². The van der Waals surface area contributed by atoms with Gasteiger partial charge >= 0.3 is 0 Å². The number of nitrogens with zero attached hydrogens (tertiary/aromatic N) is 4. The topological polar surface area (TPSA) is 98.2 Å². The highest BCUT2D eigenvalue weighted by atomic mass is 32.2. The van der Waals surface area contributed by atoms with Gasteiger partial charge in [-0.15, -0.1) is 16.9 Å². The average molecular weight is 342 g/mol. The molecule has 24 heavy (non-hydrogen) atoms. The predicted molar refractivity (Wildman–Crippen MR) is 95.2 cm³/mol. The number of hydrogen-bond acceptors (Lipinski definition) is 6. The van der Waals surface area contributed by atoms with Crippen LogP contribution in [-0.4, -0.2) is 31.7 Å². The Morgan fingerprint density at radius 2 is 1.96 bits per heavy atom. The molecule has 8 heteroatoms. The van der Waals surface area contributed by atoms with Gasteiger partial charge in [-0.2, -0.15) is 9.50 Å². The molecule has 0 aliphatic heterocycles. The third-order valence-electron chi connectivity index (χ3n) is 3.78. The number of rotatable bonds is 4. The molecule has 3 rings (SSSR count). The molecule has 0 aliphatic rings. The van der Waals surface area contributed by atoms with Crippen molar-refractivity contribution in [3.63, 3.8) is 0 Å². The number of thioether (sulfide) groups is 1. The Kier molecular flexibility index (Phi) is 4.39. The number of nitrogen functional groups attached to an aromatic ring is 1. The van der Waals surface area contributed by atoms with Gasteiger partial charge in [-0.1, -0.05) is 0 Å². The van der Waals surface area contributed by atoms with Crippen molar-refractivity contribution in [2.45, 2.75) is 25.2 Å². The van der Waals surface area contributed by atoms with Crippen LogP contribution in [0, 0.1) is 13.8 Å². The van der Waals surface area contributed by atoms with Gasteiger partial charge in [0.05, 0.1) is 6.42 Å². The van der Waals surface area contributed by atoms with Gasteiger partial charge in [0.2, 0.25) is 11.9 Å². The molecule has 0 atom stereocenters. The lowest BCUT2D eigenvalue weighted by atomic mass is 10.1. The van der Waals surface area contributed by atoms with Crippen LogP contribution in [0.3, 0.4) is 0 Å². The predicted octanol–water partition coefficient (Wildman–Crippen LogP) is 2.23. The molecule has 0 unspecified atom stereocenters. The third kappa shape index (κ3) is 3.18. The molecule has 3 aromatic rings. The number of aromatic nitrogens is 4. The smallest absolute Gasteiger partial charge is 0.254 e. The van der Waals surface area contributed by atoms with Crippen LogP contribution in [0.2, 0.25) is 0 Å². The van der Waals surface area contributed by atoms with E-state index < -0.39 is 0 Å². The second kappa shape index (κ2) is 6.48. The Bertz CT molecular complexity index is 903. The maximum atomic E-state index is 12.4. The van der Waals surface area contributed by atoms with Gasteiger partial charge in [-0.3, -0.25) is 4.79 Å². The van der Waals surface area contributed by atoms with Gasteiger partial charge in [0.25, 0.3) is 5.78 Å². The molecule has 124 valence electrons. The first kappa shape index (κ1) is 16.3. The first-order valence-corrected chi connectivity index (χ1v) is 8.62. The number of nitrogens with two attached hydrogens (primary N) is 1. The molecule has 0 saturated carbocycles. The summed E-state index contributed by atoms with van der Waals surface area (Å²) in [6.07, 6.45) is 2.23. The van der Waals surface area contributed by atoms with Crippen LogP contribution in [0.5, 0.6) is 0 Å². The quantitative estimate of drug-likeness (QED) is 0.706. The van der Waals surface area contributed by atoms with E-state index in [1.165, 1.54) is 0 Å². The Labute approximate surface area is 143 Å². The Hall–Kier alpha value is -2.61. The molecule has 7 nitrogen and oxygen atoms in total. The minimum absolute atomic E-state index is 0.104. The highest BCUT2D eigenvalue weighted by molar-refractivity contribution is 7.98. The summed E-state index contributed by atoms with van der Waals surface area (Å²) in [6, 6.07) is 7.73. The van der Waals surface area contributed by atoms with Crippen LogP contribution in [0.1, 0.15) is 17.0 Å². The number of carbonyl (C=O) groups is 1. The van der Waals surface area contributed by atoms with Crippen molar-refractivity contribution in [3.05, 3.63) is 41.2 Å². The lowest BCUT2D eigenvalue weighted by Crippen LogP contribution is -2.17. The van der Waals surface area contributed by atoms with Crippen molar-refractivity contribution in [2.24, 2.45) is 0 Å². The van der Waals surface area contributed by atoms with E-state index in [-0.39, 0.29) is 18.3 Å². The summed E-state index contributed by atoms with van der Waals surface area (Å²) in [5.41, 5.74) is 8.78. The lowest BCUT2D eigenvalue weighted by Gasteiger charge is -2.11. The molecule has 0 spiro atoms. The first-order valence-electron chi connectivity index (χ1n) is 7.40. The van der Waals surface area contributed by atoms with Crippen molar-refractivity contribution >= 4 is 35.1 Å². The minimum atomic E-state index is -0.104. The van der Waals surface area contributed by atoms with E-state index in [0.717, 1.165) is 27.5 Å². The number of nitrogens with one attached hydrogen (secondary N) is 1. The SMILES string of the molecule is CSc1ccc(NC(=O)Cc2c(C)nc3nc(N)nn3c2C)cc1. The van der Waals surface area contributed by atoms with Crippen LogP contribution in [0.4, 0.5) is 11.6 Å². The third-order valence-corrected chi connectivity index (χ3v) is 4.52. The fraction of sp³-hybridized carbons (Fsp3) is 0.250. The summed E-state index contributed by atoms with van der Waals surface area (Å²) < 4.78 is 1.57. The standard InChI is InChI=1S/C16H18N6OS/c1-9-13(10(2)22-16(18-9)20-15(17)21-22)8-14(23)19-11-4-6-12(24-3)7-5-11/h4-7H,8H2,1-3H3,(H2,17,21)(H,19,23). The van der Waals surface area contributed by atoms with Crippen LogP contribution in [0.15, 0.2) is 29.2 Å². The molecule has 3 N–H and O–H groups in total. The number of anilines is 2. The highest BCUT2D eigenvalue weighted by Crippen LogP contribution is 2.19. The fourth-order valence-corrected chi connectivity index (χ4v) is 2.93. The number of carbonyl (C=O) groups excluding carboxylic acids is 1. The molecule has 2 heterocycles. The van der Waals surface area contributed by atoms with Crippen molar-refractivity contribution in [2.75, 3.05) is 17.3 Å². The van der Waals surface area contributed by atoms with Crippen LogP contribution < -0.4 is 11.1 Å². The molecule has 0 saturated heterocycles. The van der Waals surface area contributed by atoms with Gasteiger partial charge in [0.15, 0.2) is 0 Å². The summed E-state index contributed by atoms with van der Waals surface area (Å²) >= 11 is 1.66. The molecule has 1 amide bonds. The second-order valence-electron chi connectivity index (χ2n) is 5.40. The summed E-state index contributed by atoms with van der Waals surface area (Å²) in [4.78, 5) is 21.9. The zero-order chi connectivity index (χ0) is 17.3. The molecule has 0 fully saturated rings. The maximum Gasteiger partial charge on any atom is 0.254 e. The van der Waals surface area contributed by atoms with Gasteiger partial charge in [0.1, 0.15) is 0 Å². The zero-order valence-electron chi connectivity index (χ0n) is 13.7. The Balaban J connectivity index is 1.81. The molecule has 1 aromatic carbocycles. The zero-order valence-corrected chi connectivity index (χ0v) is 14.5. The normalized spacial score (nSPS) is 11.0. The van der Waals surface area contributed by atoms with E-state index in [4.69, 9.17) is 5.73 Å². The monoisotopic (exact) mass is 342 g/mol. The van der Waals surface area contributed by atoms with E-state index in [2.05, 4.69) is 20.4 Å². The number of hydrogen-bond donors (Lipinski definition) is 2. The van der Waals surface area contributed by atoms with Gasteiger partial charge < -0.3 is 11.1 Å². The molecule has 0 bridgehead atoms. The van der Waals surface area contributed by atoms with E-state index >= 15 is 0 Å². The summed E-state index contributed by atoms with van der Waals surface area (Å²) in [6.45, 7) is 3.74. The van der Waals surface area contributed by atoms with Gasteiger partial charge in [-0.25, -0.2) is 4.98 Å². The summed E-state index contributed by atoms with van der Waals surface area (Å²) in [5.74, 6) is 0.507. The highest BCUT2D eigenvalue weighted by Gasteiger charge is 2.15. The van der Waals surface area contributed by atoms with Crippen molar-refractivity contribution < 1.29 is 4.79 Å². The molecule has 2 aromatic heterocycles. The van der Waals surface area contributed by atoms with E-state index in [1.54, 1.807) is 16.3 Å². The minimum Gasteiger partial charge on any atom is -0.366 e. The number of amides is 1. The second-order valence-corrected chi connectivity index (χ2v) is 6.28. The van der Waals surface area contributed by atoms with Crippen molar-refractivity contribution in [1.29, 1.82) is 0 Å². The molecule has 0 aliphatic carbocycles. The van der Waals surface area contributed by atoms with Crippen molar-refractivity contribution in [3.8, 4) is 0 Å². The fourth-order valence-electron chi connectivity index (χ4n) is 2.52. The van der Waals surface area contributed by atoms with E-state index in [0.29, 0.717) is 5.78 Å². The molecular formula is C16H18N6OS. The molecule has 0 radical (unpaired) electrons. The number of fused-ring (bicyclic) bond motifs is 1. The average Bonchev–Trinajstić information content (AvgIpc) is 2.92. The van der Waals surface area contributed by atoms with Gasteiger partial charge in [-0.05, 0) is 44.4 Å². The van der Waals surface area contributed by atoms with E-state index in [1.807, 2.05) is 44.4 Å². The number of aryl methyl sites for hydroxylation is 2. The van der Waals surface area contributed by atoms with Crippen molar-refractivity contribution in [1.82, 2.24) is 19.6 Å². The largest absolute Gasteiger partial charge is 0.366 e. The number of benzene rings is 1. The van der Waals surface area contributed by atoms with E-state index in [9.17, 15) is 4.79 Å². The maximum absolute atomic E-state index is 12.4. The molecular weight excluding hydrogens is 324 g/mol. The Morgan fingerprint density at radius 1 is 1.25 bits per heavy atom. The van der Waals surface area contributed by atoms with Gasteiger partial charge in [0, 0.05) is 27.5 Å². The first-order chi connectivity index (χ1) is 11.5. The Morgan fingerprint density at radius 3 is 2.62 bits per heavy atom. The lowest BCUT2D eigenvalue weighted by molar-refractivity contribution is -0.115. The summed E-state index contributed by atoms with van der Waals surface area (Å²) in [7, 11) is 0. The summed E-state index contributed by atoms with van der Waals surface area (Å²) in [5, 5.41) is 7.02. The van der Waals surface area contributed by atoms with Crippen LogP contribution in [0.25, 0.3) is 5.78 Å².